The number of hydrogen-bond donors (Lipinski definition) is 1. The fourth-order valence-corrected chi connectivity index (χ4v) is 4.29. The predicted molar refractivity (Wildman–Crippen MR) is 150 cm³/mol. The van der Waals surface area contributed by atoms with Gasteiger partial charge in [0.05, 0.1) is 28.6 Å². The summed E-state index contributed by atoms with van der Waals surface area (Å²) >= 11 is 5.88. The Morgan fingerprint density at radius 2 is 1.71 bits per heavy atom. The summed E-state index contributed by atoms with van der Waals surface area (Å²) in [5.74, 6) is -0.295. The van der Waals surface area contributed by atoms with Crippen molar-refractivity contribution in [1.29, 1.82) is 0 Å². The van der Waals surface area contributed by atoms with E-state index >= 15 is 0 Å². The minimum atomic E-state index is -4.80. The number of fused-ring (bicyclic) bond motifs is 1. The fraction of sp³-hybridized carbons (Fsp3) is 0.138. The Bertz CT molecular complexity index is 1800. The minimum absolute atomic E-state index is 0.00585. The lowest BCUT2D eigenvalue weighted by Crippen LogP contribution is -2.16. The van der Waals surface area contributed by atoms with Crippen LogP contribution in [0.5, 0.6) is 11.5 Å². The van der Waals surface area contributed by atoms with E-state index in [9.17, 15) is 28.1 Å². The molecule has 0 saturated carbocycles. The van der Waals surface area contributed by atoms with Gasteiger partial charge in [-0.1, -0.05) is 49.7 Å². The van der Waals surface area contributed by atoms with E-state index in [2.05, 4.69) is 15.4 Å². The van der Waals surface area contributed by atoms with Gasteiger partial charge in [0.15, 0.2) is 11.3 Å². The van der Waals surface area contributed by atoms with Crippen molar-refractivity contribution in [3.63, 3.8) is 0 Å². The number of amides is 1. The normalized spacial score (nSPS) is 11.6. The van der Waals surface area contributed by atoms with Crippen LogP contribution in [0.1, 0.15) is 41.4 Å². The second-order valence-corrected chi connectivity index (χ2v) is 10.0. The summed E-state index contributed by atoms with van der Waals surface area (Å²) in [4.78, 5) is 28.5. The monoisotopic (exact) mass is 595 g/mol. The highest BCUT2D eigenvalue weighted by atomic mass is 35.5. The van der Waals surface area contributed by atoms with Crippen LogP contribution < -0.4 is 10.1 Å². The Morgan fingerprint density at radius 3 is 2.33 bits per heavy atom. The molecular weight excluding hydrogens is 575 g/mol. The first-order valence-corrected chi connectivity index (χ1v) is 12.9. The van der Waals surface area contributed by atoms with Crippen LogP contribution in [0.25, 0.3) is 16.9 Å². The number of anilines is 1. The largest absolute Gasteiger partial charge is 0.457 e. The van der Waals surface area contributed by atoms with Crippen LogP contribution >= 0.6 is 11.6 Å². The van der Waals surface area contributed by atoms with Crippen molar-refractivity contribution in [1.82, 2.24) is 14.6 Å². The highest BCUT2D eigenvalue weighted by molar-refractivity contribution is 6.30. The Hall–Kier alpha value is -4.97. The molecule has 0 aliphatic heterocycles. The lowest BCUT2D eigenvalue weighted by atomic mass is 10.0. The van der Waals surface area contributed by atoms with Gasteiger partial charge in [0.2, 0.25) is 0 Å². The number of nitro benzene ring substituents is 1. The van der Waals surface area contributed by atoms with Gasteiger partial charge in [0, 0.05) is 22.7 Å². The molecular formula is C29H21ClF3N5O4. The second-order valence-electron chi connectivity index (χ2n) is 9.58. The topological polar surface area (TPSA) is 112 Å². The maximum atomic E-state index is 14.0. The van der Waals surface area contributed by atoms with Gasteiger partial charge in [0.25, 0.3) is 11.6 Å². The summed E-state index contributed by atoms with van der Waals surface area (Å²) in [6.45, 7) is 3.98. The smallest absolute Gasteiger partial charge is 0.433 e. The van der Waals surface area contributed by atoms with Gasteiger partial charge >= 0.3 is 6.18 Å². The standard InChI is InChI=1S/C29H21ClF3N5O4/c1-16(2)17-3-5-18(6-4-17)25-14-26(29(31,32)33)37-27(36-25)24(15-34-37)28(39)35-20-11-21(38(40)41)13-23(12-20)42-22-9-7-19(30)8-10-22/h3-16H,1-2H3,(H,35,39). The van der Waals surface area contributed by atoms with Crippen molar-refractivity contribution in [2.75, 3.05) is 5.32 Å². The van der Waals surface area contributed by atoms with E-state index in [-0.39, 0.29) is 39.9 Å². The molecule has 1 amide bonds. The van der Waals surface area contributed by atoms with E-state index < -0.39 is 22.7 Å². The van der Waals surface area contributed by atoms with E-state index in [1.54, 1.807) is 48.5 Å². The van der Waals surface area contributed by atoms with Gasteiger partial charge in [-0.3, -0.25) is 14.9 Å². The van der Waals surface area contributed by atoms with Crippen molar-refractivity contribution < 1.29 is 27.6 Å². The number of rotatable bonds is 7. The molecule has 0 fully saturated rings. The number of nitrogens with one attached hydrogen (secondary N) is 1. The Labute approximate surface area is 241 Å². The van der Waals surface area contributed by atoms with E-state index in [0.717, 1.165) is 30.0 Å². The van der Waals surface area contributed by atoms with Gasteiger partial charge in [-0.05, 0) is 41.8 Å². The van der Waals surface area contributed by atoms with Crippen LogP contribution in [0.2, 0.25) is 5.02 Å². The summed E-state index contributed by atoms with van der Waals surface area (Å²) in [6, 6.07) is 17.6. The summed E-state index contributed by atoms with van der Waals surface area (Å²) < 4.78 is 48.3. The first-order valence-electron chi connectivity index (χ1n) is 12.5. The van der Waals surface area contributed by atoms with E-state index in [4.69, 9.17) is 16.3 Å². The number of benzene rings is 3. The number of ether oxygens (including phenoxy) is 1. The zero-order valence-electron chi connectivity index (χ0n) is 22.0. The van der Waals surface area contributed by atoms with Crippen molar-refractivity contribution in [3.05, 3.63) is 111 Å². The molecule has 0 saturated heterocycles. The highest BCUT2D eigenvalue weighted by Gasteiger charge is 2.36. The number of carbonyl (C=O) groups excluding carboxylic acids is 1. The third kappa shape index (κ3) is 6.03. The molecule has 2 aromatic heterocycles. The number of alkyl halides is 3. The van der Waals surface area contributed by atoms with Crippen LogP contribution in [0.15, 0.2) is 79.0 Å². The molecule has 9 nitrogen and oxygen atoms in total. The molecule has 0 radical (unpaired) electrons. The van der Waals surface area contributed by atoms with Crippen molar-refractivity contribution >= 4 is 34.5 Å². The SMILES string of the molecule is CC(C)c1ccc(-c2cc(C(F)(F)F)n3ncc(C(=O)Nc4cc(Oc5ccc(Cl)cc5)cc([N+](=O)[O-])c4)c3n2)cc1. The molecule has 214 valence electrons. The quantitative estimate of drug-likeness (QED) is 0.150. The number of non-ortho nitro benzene ring substituents is 1. The zero-order chi connectivity index (χ0) is 30.2. The molecule has 0 aliphatic carbocycles. The molecule has 5 rings (SSSR count). The van der Waals surface area contributed by atoms with Gasteiger partial charge in [-0.25, -0.2) is 9.50 Å². The number of hydrogen-bond acceptors (Lipinski definition) is 6. The van der Waals surface area contributed by atoms with E-state index in [1.165, 1.54) is 6.07 Å². The molecule has 3 aromatic carbocycles. The van der Waals surface area contributed by atoms with Gasteiger partial charge < -0.3 is 10.1 Å². The molecule has 0 spiro atoms. The van der Waals surface area contributed by atoms with Gasteiger partial charge in [-0.2, -0.15) is 18.3 Å². The minimum Gasteiger partial charge on any atom is -0.457 e. The fourth-order valence-electron chi connectivity index (χ4n) is 4.17. The summed E-state index contributed by atoms with van der Waals surface area (Å²) in [5.41, 5.74) is -0.743. The third-order valence-corrected chi connectivity index (χ3v) is 6.54. The molecule has 1 N–H and O–H groups in total. The van der Waals surface area contributed by atoms with E-state index in [0.29, 0.717) is 20.9 Å². The van der Waals surface area contributed by atoms with E-state index in [1.807, 2.05) is 13.8 Å². The Morgan fingerprint density at radius 1 is 1.02 bits per heavy atom. The van der Waals surface area contributed by atoms with Gasteiger partial charge in [-0.15, -0.1) is 0 Å². The number of nitrogens with zero attached hydrogens (tertiary/aromatic N) is 4. The first-order chi connectivity index (χ1) is 19.9. The van der Waals surface area contributed by atoms with Crippen LogP contribution in [-0.2, 0) is 6.18 Å². The lowest BCUT2D eigenvalue weighted by molar-refractivity contribution is -0.384. The molecule has 0 unspecified atom stereocenters. The highest BCUT2D eigenvalue weighted by Crippen LogP contribution is 2.34. The Balaban J connectivity index is 1.53. The lowest BCUT2D eigenvalue weighted by Gasteiger charge is -2.13. The molecule has 42 heavy (non-hydrogen) atoms. The zero-order valence-corrected chi connectivity index (χ0v) is 22.8. The summed E-state index contributed by atoms with van der Waals surface area (Å²) in [6.07, 6.45) is -3.84. The molecule has 2 heterocycles. The average Bonchev–Trinajstić information content (AvgIpc) is 3.37. The van der Waals surface area contributed by atoms with Crippen molar-refractivity contribution in [2.24, 2.45) is 0 Å². The maximum Gasteiger partial charge on any atom is 0.433 e. The number of aromatic nitrogens is 3. The van der Waals surface area contributed by atoms with Crippen LogP contribution in [0, 0.1) is 10.1 Å². The maximum absolute atomic E-state index is 14.0. The Kier molecular flexibility index (Phi) is 7.57. The van der Waals surface area contributed by atoms with Crippen LogP contribution in [0.3, 0.4) is 0 Å². The predicted octanol–water partition coefficient (Wildman–Crippen LogP) is 8.14. The number of halogens is 4. The number of carbonyl (C=O) groups is 1. The molecule has 0 atom stereocenters. The molecule has 13 heteroatoms. The second kappa shape index (κ2) is 11.1. The third-order valence-electron chi connectivity index (χ3n) is 6.29. The molecule has 0 bridgehead atoms. The number of nitro groups is 1. The van der Waals surface area contributed by atoms with Crippen molar-refractivity contribution in [3.8, 4) is 22.8 Å². The van der Waals surface area contributed by atoms with Crippen LogP contribution in [0.4, 0.5) is 24.5 Å². The summed E-state index contributed by atoms with van der Waals surface area (Å²) in [5, 5.41) is 18.3. The van der Waals surface area contributed by atoms with Gasteiger partial charge in [0.1, 0.15) is 17.1 Å². The summed E-state index contributed by atoms with van der Waals surface area (Å²) in [7, 11) is 0. The van der Waals surface area contributed by atoms with Crippen LogP contribution in [-0.4, -0.2) is 25.4 Å². The average molecular weight is 596 g/mol. The van der Waals surface area contributed by atoms with Crippen molar-refractivity contribution in [2.45, 2.75) is 25.9 Å². The first kappa shape index (κ1) is 28.6. The molecule has 5 aromatic rings. The molecule has 0 aliphatic rings.